The number of ether oxygens (including phenoxy) is 2. The summed E-state index contributed by atoms with van der Waals surface area (Å²) in [6, 6.07) is 26.1. The van der Waals surface area contributed by atoms with Crippen molar-refractivity contribution >= 4 is 29.2 Å². The molecule has 1 fully saturated rings. The zero-order chi connectivity index (χ0) is 29.9. The highest BCUT2D eigenvalue weighted by Crippen LogP contribution is 2.62. The summed E-state index contributed by atoms with van der Waals surface area (Å²) in [4.78, 5) is 46.1. The number of amides is 1. The molecule has 4 unspecified atom stereocenters. The van der Waals surface area contributed by atoms with Crippen molar-refractivity contribution in [3.63, 3.8) is 0 Å². The van der Waals surface area contributed by atoms with Crippen LogP contribution in [0.5, 0.6) is 11.5 Å². The highest BCUT2D eigenvalue weighted by Gasteiger charge is 2.70. The van der Waals surface area contributed by atoms with Gasteiger partial charge in [-0.15, -0.1) is 0 Å². The van der Waals surface area contributed by atoms with Crippen LogP contribution in [0.2, 0.25) is 0 Å². The minimum Gasteiger partial charge on any atom is -0.493 e. The summed E-state index contributed by atoms with van der Waals surface area (Å²) in [5.74, 6) is -0.979. The van der Waals surface area contributed by atoms with Gasteiger partial charge < -0.3 is 19.7 Å². The summed E-state index contributed by atoms with van der Waals surface area (Å²) in [6.07, 6.45) is 3.82. The fraction of sp³-hybridized carbons (Fsp3) is 0.194. The van der Waals surface area contributed by atoms with Crippen LogP contribution in [0.3, 0.4) is 0 Å². The molecule has 1 spiro atoms. The van der Waals surface area contributed by atoms with Crippen LogP contribution in [-0.4, -0.2) is 42.6 Å². The van der Waals surface area contributed by atoms with Crippen molar-refractivity contribution in [2.24, 2.45) is 5.92 Å². The van der Waals surface area contributed by atoms with Gasteiger partial charge in [-0.3, -0.25) is 14.4 Å². The number of carbonyl (C=O) groups excluding carboxylic acids is 3. The first-order chi connectivity index (χ1) is 20.9. The number of rotatable bonds is 6. The minimum atomic E-state index is -1.38. The predicted molar refractivity (Wildman–Crippen MR) is 163 cm³/mol. The van der Waals surface area contributed by atoms with Crippen LogP contribution in [0.15, 0.2) is 97.2 Å². The molecule has 3 heterocycles. The highest BCUT2D eigenvalue weighted by molar-refractivity contribution is 6.16. The maximum absolute atomic E-state index is 14.9. The number of benzene rings is 4. The van der Waals surface area contributed by atoms with E-state index in [4.69, 9.17) is 9.47 Å². The number of ketones is 2. The summed E-state index contributed by atoms with van der Waals surface area (Å²) in [7, 11) is 3.05. The van der Waals surface area contributed by atoms with E-state index in [0.29, 0.717) is 33.9 Å². The molecule has 1 N–H and O–H groups in total. The fourth-order valence-electron chi connectivity index (χ4n) is 7.23. The van der Waals surface area contributed by atoms with Crippen LogP contribution in [-0.2, 0) is 10.2 Å². The summed E-state index contributed by atoms with van der Waals surface area (Å²) in [6.45, 7) is 1.96. The van der Waals surface area contributed by atoms with Gasteiger partial charge in [0, 0.05) is 23.0 Å². The molecule has 1 saturated heterocycles. The van der Waals surface area contributed by atoms with Crippen molar-refractivity contribution in [2.75, 3.05) is 19.5 Å². The summed E-state index contributed by atoms with van der Waals surface area (Å²) < 4.78 is 10.9. The number of carbonyl (C=O) groups is 3. The van der Waals surface area contributed by atoms with Gasteiger partial charge in [-0.25, -0.2) is 0 Å². The van der Waals surface area contributed by atoms with E-state index >= 15 is 0 Å². The Labute approximate surface area is 249 Å². The van der Waals surface area contributed by atoms with Gasteiger partial charge in [0.15, 0.2) is 23.1 Å². The van der Waals surface area contributed by atoms with Crippen LogP contribution in [0.25, 0.3) is 6.08 Å². The van der Waals surface area contributed by atoms with E-state index in [1.165, 1.54) is 14.2 Å². The Morgan fingerprint density at radius 1 is 0.814 bits per heavy atom. The third-order valence-corrected chi connectivity index (χ3v) is 9.13. The van der Waals surface area contributed by atoms with E-state index < -0.39 is 23.4 Å². The van der Waals surface area contributed by atoms with Crippen molar-refractivity contribution in [1.82, 2.24) is 4.90 Å². The first kappa shape index (κ1) is 26.7. The normalized spacial score (nSPS) is 22.9. The number of hydrogen-bond acceptors (Lipinski definition) is 6. The molecule has 0 saturated carbocycles. The Hall–Kier alpha value is -5.17. The molecule has 7 rings (SSSR count). The lowest BCUT2D eigenvalue weighted by Crippen LogP contribution is -2.49. The lowest BCUT2D eigenvalue weighted by atomic mass is 9.62. The Bertz CT molecular complexity index is 1830. The number of methoxy groups -OCH3 is 2. The molecule has 0 radical (unpaired) electrons. The van der Waals surface area contributed by atoms with Gasteiger partial charge in [-0.2, -0.15) is 0 Å². The first-order valence-corrected chi connectivity index (χ1v) is 14.2. The van der Waals surface area contributed by atoms with E-state index in [-0.39, 0.29) is 17.5 Å². The molecule has 1 amide bonds. The maximum atomic E-state index is 14.9. The SMILES string of the molecule is COc1ccc(C(=O)C2C(C(=O)c3ccc(C)cc3)C3(C(=O)Nc4ccccc43)C3c4ccccc4C=CN23)cc1OC. The van der Waals surface area contributed by atoms with E-state index in [2.05, 4.69) is 5.32 Å². The van der Waals surface area contributed by atoms with Crippen LogP contribution in [0.4, 0.5) is 5.69 Å². The number of nitrogens with one attached hydrogen (secondary N) is 1. The van der Waals surface area contributed by atoms with Crippen molar-refractivity contribution in [3.05, 3.63) is 131 Å². The lowest BCUT2D eigenvalue weighted by Gasteiger charge is -2.38. The van der Waals surface area contributed by atoms with Crippen LogP contribution in [0, 0.1) is 12.8 Å². The molecule has 3 aliphatic heterocycles. The van der Waals surface area contributed by atoms with Crippen molar-refractivity contribution in [2.45, 2.75) is 24.4 Å². The Morgan fingerprint density at radius 2 is 1.51 bits per heavy atom. The number of Topliss-reactive ketones (excluding diaryl/α,β-unsaturated/α-hetero) is 2. The second-order valence-corrected chi connectivity index (χ2v) is 11.2. The molecule has 0 aromatic heterocycles. The zero-order valence-corrected chi connectivity index (χ0v) is 24.0. The molecular formula is C36H30N2O5. The molecular weight excluding hydrogens is 540 g/mol. The van der Waals surface area contributed by atoms with Crippen LogP contribution < -0.4 is 14.8 Å². The smallest absolute Gasteiger partial charge is 0.238 e. The largest absolute Gasteiger partial charge is 0.493 e. The van der Waals surface area contributed by atoms with Gasteiger partial charge in [0.2, 0.25) is 5.91 Å². The molecule has 3 aliphatic rings. The summed E-state index contributed by atoms with van der Waals surface area (Å²) in [5.41, 5.74) is 3.65. The van der Waals surface area contributed by atoms with Gasteiger partial charge in [-0.1, -0.05) is 72.3 Å². The standard InChI is InChI=1S/C36H30N2O5/c1-21-12-14-23(15-13-21)32(39)30-31(33(40)24-16-17-28(42-2)29(20-24)43-3)38-19-18-22-8-4-5-9-25(22)34(38)36(30)26-10-6-7-11-27(26)37-35(36)41/h4-20,30-31,34H,1-3H3,(H,37,41). The zero-order valence-electron chi connectivity index (χ0n) is 24.0. The topological polar surface area (TPSA) is 84.9 Å². The molecule has 7 nitrogen and oxygen atoms in total. The fourth-order valence-corrected chi connectivity index (χ4v) is 7.23. The number of fused-ring (bicyclic) bond motifs is 6. The van der Waals surface area contributed by atoms with Crippen molar-refractivity contribution in [3.8, 4) is 11.5 Å². The van der Waals surface area contributed by atoms with Gasteiger partial charge in [0.25, 0.3) is 0 Å². The quantitative estimate of drug-likeness (QED) is 0.287. The summed E-state index contributed by atoms with van der Waals surface area (Å²) in [5, 5.41) is 3.08. The maximum Gasteiger partial charge on any atom is 0.238 e. The average molecular weight is 571 g/mol. The van der Waals surface area contributed by atoms with Crippen molar-refractivity contribution in [1.29, 1.82) is 0 Å². The minimum absolute atomic E-state index is 0.258. The van der Waals surface area contributed by atoms with Crippen LogP contribution in [0.1, 0.15) is 49.0 Å². The molecule has 214 valence electrons. The molecule has 7 heteroatoms. The number of para-hydroxylation sites is 1. The summed E-state index contributed by atoms with van der Waals surface area (Å²) >= 11 is 0. The molecule has 43 heavy (non-hydrogen) atoms. The van der Waals surface area contributed by atoms with Crippen molar-refractivity contribution < 1.29 is 23.9 Å². The number of hydrogen-bond donors (Lipinski definition) is 1. The molecule has 4 aromatic rings. The third-order valence-electron chi connectivity index (χ3n) is 9.13. The lowest BCUT2D eigenvalue weighted by molar-refractivity contribution is -0.122. The number of anilines is 1. The molecule has 4 aromatic carbocycles. The highest BCUT2D eigenvalue weighted by atomic mass is 16.5. The number of nitrogens with zero attached hydrogens (tertiary/aromatic N) is 1. The Kier molecular flexibility index (Phi) is 6.20. The van der Waals surface area contributed by atoms with E-state index in [9.17, 15) is 14.4 Å². The molecule has 4 atom stereocenters. The first-order valence-electron chi connectivity index (χ1n) is 14.2. The monoisotopic (exact) mass is 570 g/mol. The van der Waals surface area contributed by atoms with Gasteiger partial charge in [0.1, 0.15) is 11.5 Å². The van der Waals surface area contributed by atoms with E-state index in [1.807, 2.05) is 84.8 Å². The average Bonchev–Trinajstić information content (AvgIpc) is 3.52. The second kappa shape index (κ2) is 9.98. The van der Waals surface area contributed by atoms with Gasteiger partial charge in [-0.05, 0) is 54.0 Å². The number of aryl methyl sites for hydroxylation is 1. The van der Waals surface area contributed by atoms with E-state index in [0.717, 1.165) is 16.7 Å². The van der Waals surface area contributed by atoms with Gasteiger partial charge >= 0.3 is 0 Å². The van der Waals surface area contributed by atoms with Gasteiger partial charge in [0.05, 0.1) is 26.2 Å². The molecule has 0 bridgehead atoms. The van der Waals surface area contributed by atoms with E-state index in [1.54, 1.807) is 30.3 Å². The Balaban J connectivity index is 1.51. The second-order valence-electron chi connectivity index (χ2n) is 11.2. The van der Waals surface area contributed by atoms with Crippen LogP contribution >= 0.6 is 0 Å². The Morgan fingerprint density at radius 3 is 2.28 bits per heavy atom. The predicted octanol–water partition coefficient (Wildman–Crippen LogP) is 5.99. The third kappa shape index (κ3) is 3.77. The molecule has 0 aliphatic carbocycles.